The van der Waals surface area contributed by atoms with Gasteiger partial charge in [0.1, 0.15) is 0 Å². The van der Waals surface area contributed by atoms with Crippen LogP contribution in [0.3, 0.4) is 0 Å². The van der Waals surface area contributed by atoms with Gasteiger partial charge in [-0.25, -0.2) is 0 Å². The molecular formula is C24H14Cl2. The molecule has 0 spiro atoms. The van der Waals surface area contributed by atoms with E-state index in [0.717, 1.165) is 38.0 Å². The van der Waals surface area contributed by atoms with Gasteiger partial charge in [0.15, 0.2) is 0 Å². The highest BCUT2D eigenvalue weighted by molar-refractivity contribution is 6.33. The van der Waals surface area contributed by atoms with Crippen molar-refractivity contribution < 1.29 is 0 Å². The smallest absolute Gasteiger partial charge is 0.0562 e. The van der Waals surface area contributed by atoms with Gasteiger partial charge in [-0.3, -0.25) is 0 Å². The lowest BCUT2D eigenvalue weighted by molar-refractivity contribution is 1.62. The predicted molar refractivity (Wildman–Crippen MR) is 112 cm³/mol. The second kappa shape index (κ2) is 7.26. The third kappa shape index (κ3) is 3.33. The van der Waals surface area contributed by atoms with Crippen molar-refractivity contribution in [2.75, 3.05) is 0 Å². The van der Waals surface area contributed by atoms with Crippen LogP contribution in [0.4, 0.5) is 0 Å². The molecule has 0 heterocycles. The van der Waals surface area contributed by atoms with E-state index in [4.69, 9.17) is 23.2 Å². The van der Waals surface area contributed by atoms with Crippen molar-refractivity contribution in [1.29, 1.82) is 0 Å². The lowest BCUT2D eigenvalue weighted by Crippen LogP contribution is -1.86. The molecule has 4 aromatic carbocycles. The zero-order valence-corrected chi connectivity index (χ0v) is 15.4. The average molecular weight is 373 g/mol. The van der Waals surface area contributed by atoms with Crippen molar-refractivity contribution in [2.24, 2.45) is 0 Å². The van der Waals surface area contributed by atoms with Crippen molar-refractivity contribution in [3.63, 3.8) is 0 Å². The van der Waals surface area contributed by atoms with E-state index in [1.807, 2.05) is 60.7 Å². The average Bonchev–Trinajstić information content (AvgIpc) is 2.67. The Bertz CT molecular complexity index is 1160. The van der Waals surface area contributed by atoms with Crippen LogP contribution in [-0.4, -0.2) is 0 Å². The van der Waals surface area contributed by atoms with Crippen LogP contribution in [0.25, 0.3) is 21.9 Å². The molecule has 0 aromatic heterocycles. The van der Waals surface area contributed by atoms with Crippen molar-refractivity contribution >= 4 is 34.0 Å². The molecule has 0 unspecified atom stereocenters. The quantitative estimate of drug-likeness (QED) is 0.309. The van der Waals surface area contributed by atoms with Crippen LogP contribution < -0.4 is 0 Å². The summed E-state index contributed by atoms with van der Waals surface area (Å²) in [6.07, 6.45) is 0. The van der Waals surface area contributed by atoms with E-state index in [-0.39, 0.29) is 0 Å². The van der Waals surface area contributed by atoms with Crippen molar-refractivity contribution in [3.05, 3.63) is 106 Å². The summed E-state index contributed by atoms with van der Waals surface area (Å²) in [5.41, 5.74) is 3.83. The molecule has 4 rings (SSSR count). The van der Waals surface area contributed by atoms with Crippen LogP contribution in [0.1, 0.15) is 11.1 Å². The fourth-order valence-corrected chi connectivity index (χ4v) is 3.39. The Kier molecular flexibility index (Phi) is 4.67. The van der Waals surface area contributed by atoms with Gasteiger partial charge in [0.2, 0.25) is 0 Å². The van der Waals surface area contributed by atoms with E-state index in [9.17, 15) is 0 Å². The Labute approximate surface area is 163 Å². The predicted octanol–water partition coefficient (Wildman–Crippen LogP) is 7.21. The fraction of sp³-hybridized carbons (Fsp3) is 0. The summed E-state index contributed by atoms with van der Waals surface area (Å²) < 4.78 is 0. The summed E-state index contributed by atoms with van der Waals surface area (Å²) in [5, 5.41) is 3.63. The number of benzene rings is 4. The highest BCUT2D eigenvalue weighted by atomic mass is 35.5. The molecule has 0 fully saturated rings. The van der Waals surface area contributed by atoms with Gasteiger partial charge in [-0.05, 0) is 46.7 Å². The molecule has 0 aliphatic rings. The minimum Gasteiger partial charge on any atom is -0.0837 e. The maximum absolute atomic E-state index is 6.40. The lowest BCUT2D eigenvalue weighted by atomic mass is 9.97. The van der Waals surface area contributed by atoms with Gasteiger partial charge < -0.3 is 0 Å². The van der Waals surface area contributed by atoms with Gasteiger partial charge in [-0.2, -0.15) is 0 Å². The van der Waals surface area contributed by atoms with E-state index >= 15 is 0 Å². The molecule has 4 aromatic rings. The molecular weight excluding hydrogens is 359 g/mol. The number of halogens is 2. The maximum atomic E-state index is 6.40. The molecule has 0 saturated heterocycles. The molecule has 0 aliphatic heterocycles. The van der Waals surface area contributed by atoms with Crippen LogP contribution in [0, 0.1) is 11.8 Å². The van der Waals surface area contributed by atoms with E-state index in [0.29, 0.717) is 5.02 Å². The van der Waals surface area contributed by atoms with Crippen molar-refractivity contribution in [3.8, 4) is 23.0 Å². The molecule has 0 nitrogen and oxygen atoms in total. The number of rotatable bonds is 1. The Hall–Kier alpha value is -2.72. The lowest BCUT2D eigenvalue weighted by Gasteiger charge is -2.08. The molecule has 0 saturated carbocycles. The molecule has 0 bridgehead atoms. The Morgan fingerprint density at radius 1 is 0.577 bits per heavy atom. The number of fused-ring (bicyclic) bond motifs is 1. The third-order valence-electron chi connectivity index (χ3n) is 4.25. The Morgan fingerprint density at radius 3 is 2.04 bits per heavy atom. The van der Waals surface area contributed by atoms with Crippen molar-refractivity contribution in [1.82, 2.24) is 0 Å². The van der Waals surface area contributed by atoms with E-state index < -0.39 is 0 Å². The summed E-state index contributed by atoms with van der Waals surface area (Å²) in [6.45, 7) is 0. The summed E-state index contributed by atoms with van der Waals surface area (Å²) in [5.74, 6) is 6.50. The first-order valence-electron chi connectivity index (χ1n) is 8.26. The Morgan fingerprint density at radius 2 is 1.23 bits per heavy atom. The normalized spacial score (nSPS) is 10.4. The number of hydrogen-bond acceptors (Lipinski definition) is 0. The monoisotopic (exact) mass is 372 g/mol. The first-order chi connectivity index (χ1) is 12.7. The summed E-state index contributed by atoms with van der Waals surface area (Å²) >= 11 is 12.6. The number of hydrogen-bond donors (Lipinski definition) is 0. The van der Waals surface area contributed by atoms with E-state index in [2.05, 4.69) is 36.1 Å². The minimum absolute atomic E-state index is 0.659. The largest absolute Gasteiger partial charge is 0.0837 e. The second-order valence-corrected chi connectivity index (χ2v) is 6.77. The first kappa shape index (κ1) is 16.7. The molecule has 26 heavy (non-hydrogen) atoms. The van der Waals surface area contributed by atoms with Gasteiger partial charge in [-0.1, -0.05) is 89.6 Å². The van der Waals surface area contributed by atoms with Crippen LogP contribution in [0.15, 0.2) is 84.9 Å². The summed E-state index contributed by atoms with van der Waals surface area (Å²) in [7, 11) is 0. The molecule has 0 radical (unpaired) electrons. The Balaban J connectivity index is 1.92. The molecule has 2 heteroatoms. The van der Waals surface area contributed by atoms with Crippen LogP contribution in [-0.2, 0) is 0 Å². The maximum Gasteiger partial charge on any atom is 0.0562 e. The van der Waals surface area contributed by atoms with E-state index in [1.54, 1.807) is 0 Å². The highest BCUT2D eigenvalue weighted by Crippen LogP contribution is 2.32. The summed E-state index contributed by atoms with van der Waals surface area (Å²) in [6, 6.07) is 28.0. The molecule has 124 valence electrons. The zero-order chi connectivity index (χ0) is 17.9. The van der Waals surface area contributed by atoms with Crippen LogP contribution >= 0.6 is 23.2 Å². The first-order valence-corrected chi connectivity index (χ1v) is 9.02. The molecule has 0 atom stereocenters. The standard InChI is InChI=1S/C24H14Cl2/c25-23-11-5-2-7-17(23)13-14-19-16-20(22-10-4-6-12-24(22)26)15-18-8-1-3-9-21(18)19/h1-12,15-16H. The molecule has 0 aliphatic carbocycles. The van der Waals surface area contributed by atoms with Crippen LogP contribution in [0.5, 0.6) is 0 Å². The second-order valence-electron chi connectivity index (χ2n) is 5.95. The SMILES string of the molecule is Clc1ccccc1C#Cc1cc(-c2ccccc2Cl)cc2ccccc12. The fourth-order valence-electron chi connectivity index (χ4n) is 2.96. The van der Waals surface area contributed by atoms with Crippen molar-refractivity contribution in [2.45, 2.75) is 0 Å². The molecule has 0 N–H and O–H groups in total. The van der Waals surface area contributed by atoms with E-state index in [1.165, 1.54) is 0 Å². The topological polar surface area (TPSA) is 0 Å². The summed E-state index contributed by atoms with van der Waals surface area (Å²) in [4.78, 5) is 0. The van der Waals surface area contributed by atoms with Crippen LogP contribution in [0.2, 0.25) is 10.0 Å². The zero-order valence-electron chi connectivity index (χ0n) is 13.8. The highest BCUT2D eigenvalue weighted by Gasteiger charge is 2.07. The molecule has 0 amide bonds. The van der Waals surface area contributed by atoms with Gasteiger partial charge in [-0.15, -0.1) is 0 Å². The van der Waals surface area contributed by atoms with Gasteiger partial charge in [0, 0.05) is 21.7 Å². The van der Waals surface area contributed by atoms with Gasteiger partial charge in [0.05, 0.1) is 5.02 Å². The van der Waals surface area contributed by atoms with Gasteiger partial charge >= 0.3 is 0 Å². The third-order valence-corrected chi connectivity index (χ3v) is 4.91. The van der Waals surface area contributed by atoms with Gasteiger partial charge in [0.25, 0.3) is 0 Å². The minimum atomic E-state index is 0.659.